The first kappa shape index (κ1) is 20.5. The molecular weight excluding hydrogens is 366 g/mol. The van der Waals surface area contributed by atoms with Crippen molar-refractivity contribution in [3.05, 3.63) is 69.8 Å². The van der Waals surface area contributed by atoms with Crippen molar-refractivity contribution in [2.24, 2.45) is 27.9 Å². The third kappa shape index (κ3) is 3.49. The Labute approximate surface area is 170 Å². The summed E-state index contributed by atoms with van der Waals surface area (Å²) in [6, 6.07) is 10.7. The minimum Gasteiger partial charge on any atom is -0.386 e. The van der Waals surface area contributed by atoms with Gasteiger partial charge in [-0.25, -0.2) is 0 Å². The van der Waals surface area contributed by atoms with Crippen LogP contribution in [-0.2, 0) is 18.3 Å². The van der Waals surface area contributed by atoms with Gasteiger partial charge in [-0.3, -0.25) is 14.6 Å². The van der Waals surface area contributed by atoms with Crippen LogP contribution in [0.2, 0.25) is 0 Å². The van der Waals surface area contributed by atoms with Crippen molar-refractivity contribution < 1.29 is 9.59 Å². The van der Waals surface area contributed by atoms with Crippen molar-refractivity contribution in [1.82, 2.24) is 0 Å². The van der Waals surface area contributed by atoms with Gasteiger partial charge in [0.1, 0.15) is 5.84 Å². The van der Waals surface area contributed by atoms with E-state index in [-0.39, 0.29) is 6.04 Å². The molecule has 1 aliphatic carbocycles. The molecule has 0 saturated carbocycles. The summed E-state index contributed by atoms with van der Waals surface area (Å²) in [4.78, 5) is 27.8. The van der Waals surface area contributed by atoms with Crippen LogP contribution in [0.25, 0.3) is 0 Å². The average molecular weight is 393 g/mol. The van der Waals surface area contributed by atoms with Crippen LogP contribution >= 0.6 is 0 Å². The summed E-state index contributed by atoms with van der Waals surface area (Å²) in [5, 5.41) is 0. The predicted molar refractivity (Wildman–Crippen MR) is 114 cm³/mol. The van der Waals surface area contributed by atoms with Gasteiger partial charge in [-0.05, 0) is 72.7 Å². The Hall–Kier alpha value is -3.19. The Morgan fingerprint density at radius 2 is 1.41 bits per heavy atom. The molecule has 0 unspecified atom stereocenters. The zero-order chi connectivity index (χ0) is 21.3. The Morgan fingerprint density at radius 3 is 1.76 bits per heavy atom. The number of fused-ring (bicyclic) bond motifs is 2. The van der Waals surface area contributed by atoms with Crippen LogP contribution in [0.3, 0.4) is 0 Å². The highest BCUT2D eigenvalue weighted by Crippen LogP contribution is 2.43. The Bertz CT molecular complexity index is 945. The van der Waals surface area contributed by atoms with E-state index in [1.807, 2.05) is 31.2 Å². The molecule has 3 rings (SSSR count). The van der Waals surface area contributed by atoms with Crippen LogP contribution in [0.4, 0.5) is 0 Å². The first-order chi connectivity index (χ1) is 13.7. The van der Waals surface area contributed by atoms with Crippen molar-refractivity contribution >= 4 is 17.6 Å². The lowest BCUT2D eigenvalue weighted by Gasteiger charge is -2.37. The molecule has 0 spiro atoms. The largest absolute Gasteiger partial charge is 0.386 e. The third-order valence-electron chi connectivity index (χ3n) is 5.67. The van der Waals surface area contributed by atoms with E-state index in [0.29, 0.717) is 36.2 Å². The molecule has 1 atom stereocenters. The summed E-state index contributed by atoms with van der Waals surface area (Å²) in [7, 11) is 1.65. The van der Waals surface area contributed by atoms with E-state index >= 15 is 0 Å². The summed E-state index contributed by atoms with van der Waals surface area (Å²) in [5.74, 6) is -0.543. The number of amides is 2. The van der Waals surface area contributed by atoms with E-state index in [0.717, 1.165) is 22.3 Å². The maximum atomic E-state index is 11.7. The number of aliphatic imine (C=N–C) groups is 1. The molecule has 8 N–H and O–H groups in total. The monoisotopic (exact) mass is 393 g/mol. The highest BCUT2D eigenvalue weighted by molar-refractivity contribution is 5.98. The standard InChI is InChI=1S/C22H27N5O2/c1-12(23)11-22(21(26)27-2)17-7-5-15(19(24)28)9-13(17)3-4-14-10-16(20(25)29)6-8-18(14)22/h5-10,12H,3-4,11,23H2,1-2H3,(H2,24,28)(H2,25,29)(H2,26,27)/t12-/m0/s1. The molecule has 2 amide bonds. The molecule has 0 aliphatic heterocycles. The zero-order valence-electron chi connectivity index (χ0n) is 16.7. The van der Waals surface area contributed by atoms with Crippen molar-refractivity contribution in [3.63, 3.8) is 0 Å². The van der Waals surface area contributed by atoms with Crippen LogP contribution in [0.15, 0.2) is 41.4 Å². The lowest BCUT2D eigenvalue weighted by atomic mass is 9.67. The smallest absolute Gasteiger partial charge is 0.248 e. The minimum atomic E-state index is -0.781. The van der Waals surface area contributed by atoms with Gasteiger partial charge in [-0.15, -0.1) is 0 Å². The Kier molecular flexibility index (Phi) is 5.44. The van der Waals surface area contributed by atoms with Gasteiger partial charge in [0, 0.05) is 24.2 Å². The van der Waals surface area contributed by atoms with Crippen LogP contribution in [-0.4, -0.2) is 30.7 Å². The molecule has 0 radical (unpaired) electrons. The second kappa shape index (κ2) is 7.67. The predicted octanol–water partition coefficient (Wildman–Crippen LogP) is 0.993. The van der Waals surface area contributed by atoms with Gasteiger partial charge in [0.25, 0.3) is 0 Å². The molecule has 0 bridgehead atoms. The summed E-state index contributed by atoms with van der Waals surface area (Å²) >= 11 is 0. The van der Waals surface area contributed by atoms with E-state index in [4.69, 9.17) is 22.9 Å². The number of carbonyl (C=O) groups excluding carboxylic acids is 2. The number of hydrogen-bond acceptors (Lipinski definition) is 4. The van der Waals surface area contributed by atoms with Crippen LogP contribution in [0.5, 0.6) is 0 Å². The summed E-state index contributed by atoms with van der Waals surface area (Å²) in [5.41, 5.74) is 27.7. The maximum Gasteiger partial charge on any atom is 0.248 e. The van der Waals surface area contributed by atoms with Gasteiger partial charge >= 0.3 is 0 Å². The number of hydrogen-bond donors (Lipinski definition) is 4. The summed E-state index contributed by atoms with van der Waals surface area (Å²) in [6.07, 6.45) is 1.83. The van der Waals surface area contributed by atoms with Crippen molar-refractivity contribution in [3.8, 4) is 0 Å². The van der Waals surface area contributed by atoms with Crippen LogP contribution in [0, 0.1) is 0 Å². The SMILES string of the molecule is CN=C(N)C1(C[C@H](C)N)c2ccc(C(N)=O)cc2CCc2cc(C(N)=O)ccc21. The van der Waals surface area contributed by atoms with Crippen molar-refractivity contribution in [2.75, 3.05) is 7.05 Å². The zero-order valence-corrected chi connectivity index (χ0v) is 16.7. The van der Waals surface area contributed by atoms with Gasteiger partial charge in [0.2, 0.25) is 11.8 Å². The number of benzene rings is 2. The maximum absolute atomic E-state index is 11.7. The topological polar surface area (TPSA) is 151 Å². The second-order valence-corrected chi connectivity index (χ2v) is 7.67. The van der Waals surface area contributed by atoms with Crippen LogP contribution in [0.1, 0.15) is 56.3 Å². The van der Waals surface area contributed by atoms with Gasteiger partial charge in [0.15, 0.2) is 0 Å². The number of nitrogens with zero attached hydrogens (tertiary/aromatic N) is 1. The number of primary amides is 2. The van der Waals surface area contributed by atoms with Crippen LogP contribution < -0.4 is 22.9 Å². The van der Waals surface area contributed by atoms with Crippen molar-refractivity contribution in [1.29, 1.82) is 0 Å². The molecule has 0 aromatic heterocycles. The average Bonchev–Trinajstić information content (AvgIpc) is 2.81. The number of nitrogens with two attached hydrogens (primary N) is 4. The number of rotatable bonds is 5. The Balaban J connectivity index is 2.39. The lowest BCUT2D eigenvalue weighted by Crippen LogP contribution is -2.46. The lowest BCUT2D eigenvalue weighted by molar-refractivity contribution is 0.0991. The normalized spacial score (nSPS) is 16.3. The first-order valence-electron chi connectivity index (χ1n) is 9.55. The first-order valence-corrected chi connectivity index (χ1v) is 9.55. The molecule has 7 heteroatoms. The minimum absolute atomic E-state index is 0.180. The van der Waals surface area contributed by atoms with E-state index in [2.05, 4.69) is 4.99 Å². The fraction of sp³-hybridized carbons (Fsp3) is 0.318. The van der Waals surface area contributed by atoms with E-state index in [1.54, 1.807) is 19.2 Å². The molecule has 0 heterocycles. The van der Waals surface area contributed by atoms with Crippen molar-refractivity contribution in [2.45, 2.75) is 37.6 Å². The summed E-state index contributed by atoms with van der Waals surface area (Å²) < 4.78 is 0. The summed E-state index contributed by atoms with van der Waals surface area (Å²) in [6.45, 7) is 1.92. The number of carbonyl (C=O) groups is 2. The molecule has 0 fully saturated rings. The molecule has 29 heavy (non-hydrogen) atoms. The van der Waals surface area contributed by atoms with Gasteiger partial charge in [0.05, 0.1) is 5.41 Å². The van der Waals surface area contributed by atoms with Gasteiger partial charge in [-0.2, -0.15) is 0 Å². The van der Waals surface area contributed by atoms with Gasteiger partial charge < -0.3 is 22.9 Å². The molecule has 152 valence electrons. The molecule has 2 aromatic carbocycles. The molecule has 0 saturated heterocycles. The number of aryl methyl sites for hydroxylation is 2. The fourth-order valence-corrected chi connectivity index (χ4v) is 4.43. The quantitative estimate of drug-likeness (QED) is 0.442. The Morgan fingerprint density at radius 1 is 0.966 bits per heavy atom. The highest BCUT2D eigenvalue weighted by atomic mass is 16.1. The third-order valence-corrected chi connectivity index (χ3v) is 5.67. The van der Waals surface area contributed by atoms with E-state index < -0.39 is 17.2 Å². The van der Waals surface area contributed by atoms with E-state index in [1.165, 1.54) is 0 Å². The number of amidine groups is 1. The molecular formula is C22H27N5O2. The highest BCUT2D eigenvalue weighted by Gasteiger charge is 2.43. The molecule has 1 aliphatic rings. The molecule has 7 nitrogen and oxygen atoms in total. The van der Waals surface area contributed by atoms with Gasteiger partial charge in [-0.1, -0.05) is 12.1 Å². The van der Waals surface area contributed by atoms with E-state index in [9.17, 15) is 9.59 Å². The fourth-order valence-electron chi connectivity index (χ4n) is 4.43. The second-order valence-electron chi connectivity index (χ2n) is 7.67. The molecule has 2 aromatic rings.